The van der Waals surface area contributed by atoms with Gasteiger partial charge in [0.2, 0.25) is 0 Å². The van der Waals surface area contributed by atoms with Gasteiger partial charge in [-0.05, 0) is 74.0 Å². The largest absolute Gasteiger partial charge is 0.456 e. The van der Waals surface area contributed by atoms with Crippen molar-refractivity contribution in [1.29, 1.82) is 0 Å². The van der Waals surface area contributed by atoms with Gasteiger partial charge in [0.15, 0.2) is 6.61 Å². The zero-order chi connectivity index (χ0) is 19.1. The van der Waals surface area contributed by atoms with E-state index >= 15 is 0 Å². The molecule has 148 valence electrons. The van der Waals surface area contributed by atoms with Crippen molar-refractivity contribution in [2.45, 2.75) is 85.2 Å². The Labute approximate surface area is 158 Å². The molecule has 0 aromatic carbocycles. The quantitative estimate of drug-likeness (QED) is 0.638. The molecule has 0 aliphatic heterocycles. The van der Waals surface area contributed by atoms with E-state index in [-0.39, 0.29) is 35.5 Å². The molecular weight excluding hydrogens is 328 g/mol. The first kappa shape index (κ1) is 19.7. The van der Waals surface area contributed by atoms with Crippen LogP contribution in [-0.4, -0.2) is 24.1 Å². The molecule has 1 unspecified atom stereocenters. The fraction of sp³-hybridized carbons (Fsp3) is 0.909. The molecule has 0 aromatic rings. The van der Waals surface area contributed by atoms with E-state index in [1.807, 2.05) is 13.8 Å². The van der Waals surface area contributed by atoms with Crippen LogP contribution in [0.3, 0.4) is 0 Å². The Morgan fingerprint density at radius 2 is 1.58 bits per heavy atom. The Bertz CT molecular complexity index is 517. The molecule has 4 nitrogen and oxygen atoms in total. The van der Waals surface area contributed by atoms with Crippen LogP contribution in [0.15, 0.2) is 0 Å². The van der Waals surface area contributed by atoms with Crippen molar-refractivity contribution in [3.63, 3.8) is 0 Å². The molecule has 4 fully saturated rings. The molecule has 0 spiro atoms. The summed E-state index contributed by atoms with van der Waals surface area (Å²) in [7, 11) is 0. The minimum Gasteiger partial charge on any atom is -0.456 e. The zero-order valence-corrected chi connectivity index (χ0v) is 17.2. The first-order chi connectivity index (χ1) is 12.1. The van der Waals surface area contributed by atoms with Crippen LogP contribution < -0.4 is 0 Å². The first-order valence-corrected chi connectivity index (χ1v) is 10.5. The number of rotatable bonds is 6. The number of hydrogen-bond donors (Lipinski definition) is 0. The predicted molar refractivity (Wildman–Crippen MR) is 100 cm³/mol. The van der Waals surface area contributed by atoms with Gasteiger partial charge < -0.3 is 9.47 Å². The molecule has 0 N–H and O–H groups in total. The Morgan fingerprint density at radius 1 is 1.04 bits per heavy atom. The second-order valence-corrected chi connectivity index (χ2v) is 10.4. The lowest BCUT2D eigenvalue weighted by molar-refractivity contribution is -0.222. The third kappa shape index (κ3) is 3.94. The Hall–Kier alpha value is -1.06. The van der Waals surface area contributed by atoms with E-state index in [1.54, 1.807) is 0 Å². The van der Waals surface area contributed by atoms with Gasteiger partial charge in [0.1, 0.15) is 5.60 Å². The first-order valence-electron chi connectivity index (χ1n) is 10.5. The van der Waals surface area contributed by atoms with Gasteiger partial charge in [0, 0.05) is 0 Å². The van der Waals surface area contributed by atoms with Crippen LogP contribution >= 0.6 is 0 Å². The summed E-state index contributed by atoms with van der Waals surface area (Å²) in [6, 6.07) is 0. The van der Waals surface area contributed by atoms with Crippen molar-refractivity contribution >= 4 is 11.9 Å². The topological polar surface area (TPSA) is 52.6 Å². The maximum absolute atomic E-state index is 12.6. The van der Waals surface area contributed by atoms with E-state index in [9.17, 15) is 9.59 Å². The molecule has 1 atom stereocenters. The average Bonchev–Trinajstić information content (AvgIpc) is 2.54. The smallest absolute Gasteiger partial charge is 0.344 e. The van der Waals surface area contributed by atoms with Gasteiger partial charge in [0.05, 0.1) is 5.92 Å². The second kappa shape index (κ2) is 7.16. The molecule has 4 bridgehead atoms. The fourth-order valence-electron chi connectivity index (χ4n) is 5.98. The van der Waals surface area contributed by atoms with Crippen LogP contribution in [0, 0.1) is 35.0 Å². The molecule has 4 saturated carbocycles. The van der Waals surface area contributed by atoms with E-state index in [0.29, 0.717) is 11.8 Å². The Morgan fingerprint density at radius 3 is 2.04 bits per heavy atom. The molecule has 0 radical (unpaired) electrons. The van der Waals surface area contributed by atoms with Crippen molar-refractivity contribution in [1.82, 2.24) is 0 Å². The lowest BCUT2D eigenvalue weighted by Crippen LogP contribution is -2.61. The normalized spacial score (nSPS) is 36.7. The molecule has 4 aliphatic carbocycles. The van der Waals surface area contributed by atoms with Crippen LogP contribution in [-0.2, 0) is 19.1 Å². The predicted octanol–water partition coefficient (Wildman–Crippen LogP) is 4.75. The maximum atomic E-state index is 12.6. The van der Waals surface area contributed by atoms with Gasteiger partial charge in [-0.15, -0.1) is 0 Å². The zero-order valence-electron chi connectivity index (χ0n) is 17.2. The van der Waals surface area contributed by atoms with Crippen molar-refractivity contribution in [3.05, 3.63) is 0 Å². The third-order valence-electron chi connectivity index (χ3n) is 6.98. The molecule has 0 amide bonds. The minimum atomic E-state index is -0.363. The van der Waals surface area contributed by atoms with Gasteiger partial charge in [0.25, 0.3) is 0 Å². The molecule has 4 aliphatic rings. The molecule has 4 rings (SSSR count). The van der Waals surface area contributed by atoms with Crippen molar-refractivity contribution < 1.29 is 19.1 Å². The fourth-order valence-corrected chi connectivity index (χ4v) is 5.98. The number of carbonyl (C=O) groups excluding carboxylic acids is 2. The second-order valence-electron chi connectivity index (χ2n) is 10.4. The minimum absolute atomic E-state index is 0.100. The Balaban J connectivity index is 1.71. The number of ether oxygens (including phenoxy) is 2. The van der Waals surface area contributed by atoms with Crippen LogP contribution in [0.1, 0.15) is 79.6 Å². The highest BCUT2D eigenvalue weighted by atomic mass is 16.6. The molecule has 0 saturated heterocycles. The monoisotopic (exact) mass is 364 g/mol. The summed E-state index contributed by atoms with van der Waals surface area (Å²) in [4.78, 5) is 24.5. The summed E-state index contributed by atoms with van der Waals surface area (Å²) in [6.45, 7) is 10.2. The van der Waals surface area contributed by atoms with Gasteiger partial charge in [-0.3, -0.25) is 4.79 Å². The molecular formula is C22H36O4. The van der Waals surface area contributed by atoms with Crippen molar-refractivity contribution in [2.75, 3.05) is 6.61 Å². The highest BCUT2D eigenvalue weighted by molar-refractivity contribution is 5.77. The molecule has 0 heterocycles. The maximum Gasteiger partial charge on any atom is 0.344 e. The number of esters is 2. The molecule has 26 heavy (non-hydrogen) atoms. The summed E-state index contributed by atoms with van der Waals surface area (Å²) >= 11 is 0. The van der Waals surface area contributed by atoms with Gasteiger partial charge in [-0.1, -0.05) is 34.6 Å². The summed E-state index contributed by atoms with van der Waals surface area (Å²) in [5.74, 6) is 1.77. The standard InChI is InChI=1S/C22H36O4/c1-6-14(2)20(24)25-12-19(23)26-22(13-21(3,4)5)17-8-15-7-16(10-17)11-18(22)9-15/h14-18H,6-13H2,1-5H3. The summed E-state index contributed by atoms with van der Waals surface area (Å²) in [6.07, 6.45) is 7.78. The van der Waals surface area contributed by atoms with E-state index in [4.69, 9.17) is 9.47 Å². The summed E-state index contributed by atoms with van der Waals surface area (Å²) in [5.41, 5.74) is -0.255. The van der Waals surface area contributed by atoms with E-state index in [2.05, 4.69) is 20.8 Å². The number of carbonyl (C=O) groups is 2. The van der Waals surface area contributed by atoms with Crippen molar-refractivity contribution in [2.24, 2.45) is 35.0 Å². The van der Waals surface area contributed by atoms with Crippen LogP contribution in [0.5, 0.6) is 0 Å². The van der Waals surface area contributed by atoms with Gasteiger partial charge in [-0.2, -0.15) is 0 Å². The van der Waals surface area contributed by atoms with Gasteiger partial charge >= 0.3 is 11.9 Å². The van der Waals surface area contributed by atoms with Crippen LogP contribution in [0.4, 0.5) is 0 Å². The van der Waals surface area contributed by atoms with E-state index in [1.165, 1.54) is 32.1 Å². The summed E-state index contributed by atoms with van der Waals surface area (Å²) in [5, 5.41) is 0. The summed E-state index contributed by atoms with van der Waals surface area (Å²) < 4.78 is 11.5. The highest BCUT2D eigenvalue weighted by Gasteiger charge is 2.60. The van der Waals surface area contributed by atoms with Crippen LogP contribution in [0.25, 0.3) is 0 Å². The molecule has 4 heteroatoms. The van der Waals surface area contributed by atoms with E-state index in [0.717, 1.165) is 24.7 Å². The highest BCUT2D eigenvalue weighted by Crippen LogP contribution is 2.62. The lowest BCUT2D eigenvalue weighted by Gasteiger charge is -2.61. The van der Waals surface area contributed by atoms with Crippen molar-refractivity contribution in [3.8, 4) is 0 Å². The number of hydrogen-bond acceptors (Lipinski definition) is 4. The Kier molecular flexibility index (Phi) is 5.43. The van der Waals surface area contributed by atoms with Gasteiger partial charge in [-0.25, -0.2) is 4.79 Å². The third-order valence-corrected chi connectivity index (χ3v) is 6.98. The SMILES string of the molecule is CCC(C)C(=O)OCC(=O)OC1(CC(C)(C)C)C2CC3CC(C2)CC1C3. The lowest BCUT2D eigenvalue weighted by atomic mass is 9.48. The average molecular weight is 365 g/mol. The van der Waals surface area contributed by atoms with Crippen LogP contribution in [0.2, 0.25) is 0 Å². The molecule has 0 aromatic heterocycles. The van der Waals surface area contributed by atoms with E-state index < -0.39 is 0 Å².